The zero-order valence-corrected chi connectivity index (χ0v) is 17.7. The van der Waals surface area contributed by atoms with Gasteiger partial charge in [0, 0.05) is 37.5 Å². The Balaban J connectivity index is 1.48. The van der Waals surface area contributed by atoms with Crippen LogP contribution >= 0.6 is 11.8 Å². The first kappa shape index (κ1) is 20.5. The number of benzene rings is 2. The number of nitrogens with zero attached hydrogens (tertiary/aromatic N) is 2. The van der Waals surface area contributed by atoms with Gasteiger partial charge >= 0.3 is 0 Å². The Hall–Kier alpha value is -2.27. The van der Waals surface area contributed by atoms with Crippen molar-refractivity contribution in [2.45, 2.75) is 38.6 Å². The largest absolute Gasteiger partial charge is 0.350 e. The van der Waals surface area contributed by atoms with Crippen molar-refractivity contribution in [1.82, 2.24) is 4.90 Å². The summed E-state index contributed by atoms with van der Waals surface area (Å²) in [6.45, 7) is 5.11. The molecule has 1 saturated heterocycles. The third-order valence-corrected chi connectivity index (χ3v) is 6.25. The van der Waals surface area contributed by atoms with Gasteiger partial charge in [0.15, 0.2) is 5.17 Å². The third-order valence-electron chi connectivity index (χ3n) is 5.03. The van der Waals surface area contributed by atoms with Gasteiger partial charge in [-0.25, -0.2) is 0 Å². The molecule has 0 spiro atoms. The molecule has 1 atom stereocenters. The topological polar surface area (TPSA) is 44.7 Å². The summed E-state index contributed by atoms with van der Waals surface area (Å²) < 4.78 is 0. The zero-order valence-electron chi connectivity index (χ0n) is 16.9. The van der Waals surface area contributed by atoms with E-state index in [1.807, 2.05) is 25.2 Å². The smallest absolute Gasteiger partial charge is 0.226 e. The van der Waals surface area contributed by atoms with Crippen LogP contribution in [0.15, 0.2) is 59.6 Å². The number of carbonyl (C=O) groups is 1. The van der Waals surface area contributed by atoms with E-state index in [9.17, 15) is 4.79 Å². The van der Waals surface area contributed by atoms with Crippen LogP contribution in [0.5, 0.6) is 0 Å². The number of anilines is 1. The lowest BCUT2D eigenvalue weighted by Gasteiger charge is -2.20. The van der Waals surface area contributed by atoms with Crippen LogP contribution in [0.4, 0.5) is 5.69 Å². The van der Waals surface area contributed by atoms with Crippen molar-refractivity contribution in [2.75, 3.05) is 24.7 Å². The highest BCUT2D eigenvalue weighted by molar-refractivity contribution is 8.14. The minimum atomic E-state index is 0.0558. The molecular formula is C23H29N3OS. The molecule has 2 aromatic rings. The number of carbonyl (C=O) groups excluding carboxylic acids is 1. The molecule has 2 aromatic carbocycles. The molecular weight excluding hydrogens is 366 g/mol. The molecule has 0 saturated carbocycles. The molecule has 1 unspecified atom stereocenters. The summed E-state index contributed by atoms with van der Waals surface area (Å²) in [4.78, 5) is 19.3. The standard InChI is InChI=1S/C23H29N3OS/c1-17(2)19-9-11-20(12-10-19)25-22(27)15-21-16-28-23(26(21)3)24-14-13-18-7-5-4-6-8-18/h4-12,17,21H,13-16H2,1-3H3,(H,25,27). The lowest BCUT2D eigenvalue weighted by Crippen LogP contribution is -2.33. The molecule has 0 aromatic heterocycles. The highest BCUT2D eigenvalue weighted by Gasteiger charge is 2.28. The Kier molecular flexibility index (Phi) is 7.15. The van der Waals surface area contributed by atoms with E-state index in [1.165, 1.54) is 11.1 Å². The summed E-state index contributed by atoms with van der Waals surface area (Å²) in [5.74, 6) is 1.45. The summed E-state index contributed by atoms with van der Waals surface area (Å²) >= 11 is 1.74. The number of aliphatic imine (C=N–C) groups is 1. The first-order chi connectivity index (χ1) is 13.5. The van der Waals surface area contributed by atoms with Crippen molar-refractivity contribution in [2.24, 2.45) is 4.99 Å². The molecule has 1 aliphatic rings. The molecule has 1 fully saturated rings. The van der Waals surface area contributed by atoms with Crippen molar-refractivity contribution in [1.29, 1.82) is 0 Å². The number of rotatable bonds is 7. The quantitative estimate of drug-likeness (QED) is 0.733. The van der Waals surface area contributed by atoms with Gasteiger partial charge in [-0.15, -0.1) is 0 Å². The summed E-state index contributed by atoms with van der Waals surface area (Å²) in [6, 6.07) is 18.7. The van der Waals surface area contributed by atoms with Crippen molar-refractivity contribution in [3.63, 3.8) is 0 Å². The number of amides is 1. The monoisotopic (exact) mass is 395 g/mol. The first-order valence-electron chi connectivity index (χ1n) is 9.86. The summed E-state index contributed by atoms with van der Waals surface area (Å²) in [5, 5.41) is 4.06. The molecule has 1 N–H and O–H groups in total. The second-order valence-electron chi connectivity index (χ2n) is 7.50. The summed E-state index contributed by atoms with van der Waals surface area (Å²) in [5.41, 5.74) is 3.44. The maximum Gasteiger partial charge on any atom is 0.226 e. The molecule has 5 heteroatoms. The van der Waals surface area contributed by atoms with Gasteiger partial charge in [-0.05, 0) is 35.6 Å². The van der Waals surface area contributed by atoms with E-state index >= 15 is 0 Å². The van der Waals surface area contributed by atoms with Crippen LogP contribution in [0, 0.1) is 0 Å². The van der Waals surface area contributed by atoms with Crippen LogP contribution in [0.3, 0.4) is 0 Å². The average molecular weight is 396 g/mol. The highest BCUT2D eigenvalue weighted by Crippen LogP contribution is 2.25. The van der Waals surface area contributed by atoms with Crippen LogP contribution < -0.4 is 5.32 Å². The molecule has 28 heavy (non-hydrogen) atoms. The fraction of sp³-hybridized carbons (Fsp3) is 0.391. The number of hydrogen-bond acceptors (Lipinski definition) is 3. The van der Waals surface area contributed by atoms with Gasteiger partial charge in [0.25, 0.3) is 0 Å². The van der Waals surface area contributed by atoms with Gasteiger partial charge in [0.1, 0.15) is 0 Å². The molecule has 3 rings (SSSR count). The highest BCUT2D eigenvalue weighted by atomic mass is 32.2. The second-order valence-corrected chi connectivity index (χ2v) is 8.49. The Labute approximate surface area is 172 Å². The molecule has 4 nitrogen and oxygen atoms in total. The molecule has 148 valence electrons. The van der Waals surface area contributed by atoms with Gasteiger partial charge in [0.2, 0.25) is 5.91 Å². The van der Waals surface area contributed by atoms with Gasteiger partial charge < -0.3 is 10.2 Å². The predicted molar refractivity (Wildman–Crippen MR) is 120 cm³/mol. The third kappa shape index (κ3) is 5.61. The molecule has 1 heterocycles. The van der Waals surface area contributed by atoms with Crippen LogP contribution in [0.2, 0.25) is 0 Å². The minimum Gasteiger partial charge on any atom is -0.350 e. The van der Waals surface area contributed by atoms with E-state index in [2.05, 4.69) is 60.5 Å². The van der Waals surface area contributed by atoms with Gasteiger partial charge in [-0.3, -0.25) is 9.79 Å². The number of thioether (sulfide) groups is 1. The van der Waals surface area contributed by atoms with E-state index in [1.54, 1.807) is 11.8 Å². The second kappa shape index (κ2) is 9.78. The van der Waals surface area contributed by atoms with Crippen LogP contribution in [0.1, 0.15) is 37.3 Å². The summed E-state index contributed by atoms with van der Waals surface area (Å²) in [6.07, 6.45) is 1.42. The fourth-order valence-electron chi connectivity index (χ4n) is 3.20. The number of hydrogen-bond donors (Lipinski definition) is 1. The molecule has 1 amide bonds. The lowest BCUT2D eigenvalue weighted by molar-refractivity contribution is -0.116. The Morgan fingerprint density at radius 1 is 1.18 bits per heavy atom. The molecule has 0 aliphatic carbocycles. The van der Waals surface area contributed by atoms with Crippen LogP contribution in [-0.2, 0) is 11.2 Å². The molecule has 0 bridgehead atoms. The maximum absolute atomic E-state index is 12.5. The average Bonchev–Trinajstić information content (AvgIpc) is 3.03. The Morgan fingerprint density at radius 2 is 1.89 bits per heavy atom. The van der Waals surface area contributed by atoms with E-state index in [4.69, 9.17) is 4.99 Å². The maximum atomic E-state index is 12.5. The van der Waals surface area contributed by atoms with E-state index in [0.717, 1.165) is 29.6 Å². The van der Waals surface area contributed by atoms with Crippen molar-refractivity contribution >= 4 is 28.5 Å². The zero-order chi connectivity index (χ0) is 19.9. The minimum absolute atomic E-state index is 0.0558. The van der Waals surface area contributed by atoms with Crippen LogP contribution in [-0.4, -0.2) is 41.4 Å². The van der Waals surface area contributed by atoms with Crippen LogP contribution in [0.25, 0.3) is 0 Å². The normalized spacial score (nSPS) is 18.1. The van der Waals surface area contributed by atoms with Crippen molar-refractivity contribution in [3.8, 4) is 0 Å². The fourth-order valence-corrected chi connectivity index (χ4v) is 4.41. The van der Waals surface area contributed by atoms with E-state index < -0.39 is 0 Å². The molecule has 1 aliphatic heterocycles. The van der Waals surface area contributed by atoms with Crippen molar-refractivity contribution in [3.05, 3.63) is 65.7 Å². The number of amidine groups is 1. The summed E-state index contributed by atoms with van der Waals surface area (Å²) in [7, 11) is 2.04. The van der Waals surface area contributed by atoms with Gasteiger partial charge in [-0.2, -0.15) is 0 Å². The Bertz CT molecular complexity index is 802. The first-order valence-corrected chi connectivity index (χ1v) is 10.9. The van der Waals surface area contributed by atoms with Gasteiger partial charge in [0.05, 0.1) is 0 Å². The Morgan fingerprint density at radius 3 is 2.57 bits per heavy atom. The van der Waals surface area contributed by atoms with Gasteiger partial charge in [-0.1, -0.05) is 68.1 Å². The molecule has 0 radical (unpaired) electrons. The van der Waals surface area contributed by atoms with E-state index in [0.29, 0.717) is 12.3 Å². The van der Waals surface area contributed by atoms with Crippen molar-refractivity contribution < 1.29 is 4.79 Å². The number of nitrogens with one attached hydrogen (secondary N) is 1. The lowest BCUT2D eigenvalue weighted by atomic mass is 10.0. The predicted octanol–water partition coefficient (Wildman–Crippen LogP) is 4.78. The van der Waals surface area contributed by atoms with E-state index in [-0.39, 0.29) is 11.9 Å². The SMILES string of the molecule is CC(C)c1ccc(NC(=O)CC2CSC(=NCCc3ccccc3)N2C)cc1.